The SMILES string of the molecule is CCCC1(C)CCCN(CCC(=O)O)C1. The van der Waals surface area contributed by atoms with Crippen molar-refractivity contribution < 1.29 is 9.90 Å². The Hall–Kier alpha value is -0.570. The van der Waals surface area contributed by atoms with Gasteiger partial charge in [-0.2, -0.15) is 0 Å². The van der Waals surface area contributed by atoms with Crippen molar-refractivity contribution in [1.82, 2.24) is 4.90 Å². The molecule has 0 saturated carbocycles. The molecule has 1 unspecified atom stereocenters. The number of rotatable bonds is 5. The molecule has 0 aromatic rings. The predicted molar refractivity (Wildman–Crippen MR) is 60.9 cm³/mol. The molecule has 1 heterocycles. The molecule has 0 aromatic carbocycles. The number of carbonyl (C=O) groups is 1. The van der Waals surface area contributed by atoms with Gasteiger partial charge in [0, 0.05) is 13.1 Å². The summed E-state index contributed by atoms with van der Waals surface area (Å²) in [6.45, 7) is 7.43. The fraction of sp³-hybridized carbons (Fsp3) is 0.917. The number of hydrogen-bond donors (Lipinski definition) is 1. The molecular weight excluding hydrogens is 190 g/mol. The van der Waals surface area contributed by atoms with Crippen molar-refractivity contribution in [2.75, 3.05) is 19.6 Å². The molecule has 1 N–H and O–H groups in total. The van der Waals surface area contributed by atoms with Crippen molar-refractivity contribution in [1.29, 1.82) is 0 Å². The van der Waals surface area contributed by atoms with Crippen molar-refractivity contribution >= 4 is 5.97 Å². The van der Waals surface area contributed by atoms with Crippen LogP contribution in [0, 0.1) is 5.41 Å². The molecule has 1 fully saturated rings. The van der Waals surface area contributed by atoms with E-state index in [-0.39, 0.29) is 6.42 Å². The van der Waals surface area contributed by atoms with Gasteiger partial charge in [0.2, 0.25) is 0 Å². The number of carboxylic acid groups (broad SMARTS) is 1. The zero-order valence-electron chi connectivity index (χ0n) is 9.96. The highest BCUT2D eigenvalue weighted by molar-refractivity contribution is 5.66. The van der Waals surface area contributed by atoms with Crippen LogP contribution < -0.4 is 0 Å². The Bertz CT molecular complexity index is 214. The highest BCUT2D eigenvalue weighted by Crippen LogP contribution is 2.33. The van der Waals surface area contributed by atoms with E-state index in [2.05, 4.69) is 18.7 Å². The van der Waals surface area contributed by atoms with Gasteiger partial charge in [-0.05, 0) is 31.2 Å². The zero-order valence-corrected chi connectivity index (χ0v) is 9.96. The number of piperidine rings is 1. The molecule has 0 spiro atoms. The maximum absolute atomic E-state index is 10.5. The lowest BCUT2D eigenvalue weighted by Gasteiger charge is -2.40. The third-order valence-electron chi connectivity index (χ3n) is 3.36. The Balaban J connectivity index is 2.37. The van der Waals surface area contributed by atoms with Gasteiger partial charge in [0.1, 0.15) is 0 Å². The summed E-state index contributed by atoms with van der Waals surface area (Å²) in [5, 5.41) is 8.65. The van der Waals surface area contributed by atoms with E-state index in [1.807, 2.05) is 0 Å². The first-order valence-corrected chi connectivity index (χ1v) is 6.00. The van der Waals surface area contributed by atoms with Crippen LogP contribution in [0.3, 0.4) is 0 Å². The smallest absolute Gasteiger partial charge is 0.304 e. The molecule has 15 heavy (non-hydrogen) atoms. The van der Waals surface area contributed by atoms with Crippen LogP contribution in [0.4, 0.5) is 0 Å². The van der Waals surface area contributed by atoms with E-state index in [0.29, 0.717) is 12.0 Å². The van der Waals surface area contributed by atoms with E-state index in [1.165, 1.54) is 25.7 Å². The van der Waals surface area contributed by atoms with Crippen molar-refractivity contribution in [3.63, 3.8) is 0 Å². The van der Waals surface area contributed by atoms with Crippen molar-refractivity contribution in [2.24, 2.45) is 5.41 Å². The van der Waals surface area contributed by atoms with Gasteiger partial charge in [0.15, 0.2) is 0 Å². The quantitative estimate of drug-likeness (QED) is 0.762. The van der Waals surface area contributed by atoms with Crippen molar-refractivity contribution in [3.8, 4) is 0 Å². The minimum atomic E-state index is -0.683. The van der Waals surface area contributed by atoms with Gasteiger partial charge in [-0.3, -0.25) is 4.79 Å². The standard InChI is InChI=1S/C12H23NO2/c1-3-6-12(2)7-4-8-13(10-12)9-5-11(14)15/h3-10H2,1-2H3,(H,14,15). The van der Waals surface area contributed by atoms with Gasteiger partial charge >= 0.3 is 5.97 Å². The number of hydrogen-bond acceptors (Lipinski definition) is 2. The molecule has 1 atom stereocenters. The Morgan fingerprint density at radius 2 is 2.27 bits per heavy atom. The summed E-state index contributed by atoms with van der Waals surface area (Å²) in [4.78, 5) is 12.8. The lowest BCUT2D eigenvalue weighted by molar-refractivity contribution is -0.137. The van der Waals surface area contributed by atoms with Gasteiger partial charge < -0.3 is 10.0 Å². The fourth-order valence-corrected chi connectivity index (χ4v) is 2.68. The minimum Gasteiger partial charge on any atom is -0.481 e. The first-order valence-electron chi connectivity index (χ1n) is 6.00. The van der Waals surface area contributed by atoms with Crippen LogP contribution in [-0.4, -0.2) is 35.6 Å². The van der Waals surface area contributed by atoms with Gasteiger partial charge in [-0.15, -0.1) is 0 Å². The Kier molecular flexibility index (Phi) is 4.58. The average Bonchev–Trinajstić information content (AvgIpc) is 2.15. The van der Waals surface area contributed by atoms with E-state index in [0.717, 1.165) is 13.1 Å². The summed E-state index contributed by atoms with van der Waals surface area (Å²) in [5.41, 5.74) is 0.422. The molecule has 88 valence electrons. The molecular formula is C12H23NO2. The van der Waals surface area contributed by atoms with Gasteiger partial charge in [0.25, 0.3) is 0 Å². The van der Waals surface area contributed by atoms with Crippen LogP contribution in [0.15, 0.2) is 0 Å². The first-order chi connectivity index (χ1) is 7.06. The van der Waals surface area contributed by atoms with Crippen LogP contribution in [0.2, 0.25) is 0 Å². The third kappa shape index (κ3) is 4.20. The summed E-state index contributed by atoms with van der Waals surface area (Å²) >= 11 is 0. The van der Waals surface area contributed by atoms with E-state index in [9.17, 15) is 4.79 Å². The molecule has 1 rings (SSSR count). The zero-order chi connectivity index (χ0) is 11.3. The molecule has 0 amide bonds. The molecule has 0 bridgehead atoms. The van der Waals surface area contributed by atoms with Crippen molar-refractivity contribution in [3.05, 3.63) is 0 Å². The van der Waals surface area contributed by atoms with Gasteiger partial charge in [-0.25, -0.2) is 0 Å². The molecule has 1 aliphatic rings. The highest BCUT2D eigenvalue weighted by atomic mass is 16.4. The number of likely N-dealkylation sites (tertiary alicyclic amines) is 1. The highest BCUT2D eigenvalue weighted by Gasteiger charge is 2.29. The maximum atomic E-state index is 10.5. The van der Waals surface area contributed by atoms with Crippen LogP contribution in [0.1, 0.15) is 46.0 Å². The lowest BCUT2D eigenvalue weighted by atomic mass is 9.78. The Labute approximate surface area is 92.5 Å². The molecule has 3 nitrogen and oxygen atoms in total. The summed E-state index contributed by atoms with van der Waals surface area (Å²) < 4.78 is 0. The van der Waals surface area contributed by atoms with Crippen LogP contribution in [0.5, 0.6) is 0 Å². The molecule has 0 aliphatic carbocycles. The average molecular weight is 213 g/mol. The first kappa shape index (κ1) is 12.5. The van der Waals surface area contributed by atoms with E-state index in [4.69, 9.17) is 5.11 Å². The van der Waals surface area contributed by atoms with Crippen molar-refractivity contribution in [2.45, 2.75) is 46.0 Å². The van der Waals surface area contributed by atoms with E-state index < -0.39 is 5.97 Å². The van der Waals surface area contributed by atoms with Crippen LogP contribution >= 0.6 is 0 Å². The summed E-state index contributed by atoms with van der Waals surface area (Å²) in [5.74, 6) is -0.683. The monoisotopic (exact) mass is 213 g/mol. The Morgan fingerprint density at radius 1 is 1.53 bits per heavy atom. The number of aliphatic carboxylic acids is 1. The molecule has 0 aromatic heterocycles. The lowest BCUT2D eigenvalue weighted by Crippen LogP contribution is -2.42. The molecule has 1 aliphatic heterocycles. The summed E-state index contributed by atoms with van der Waals surface area (Å²) in [7, 11) is 0. The summed E-state index contributed by atoms with van der Waals surface area (Å²) in [6, 6.07) is 0. The second-order valence-electron chi connectivity index (χ2n) is 5.08. The largest absolute Gasteiger partial charge is 0.481 e. The minimum absolute atomic E-state index is 0.280. The fourth-order valence-electron chi connectivity index (χ4n) is 2.68. The predicted octanol–water partition coefficient (Wildman–Crippen LogP) is 2.36. The van der Waals surface area contributed by atoms with Crippen LogP contribution in [0.25, 0.3) is 0 Å². The Morgan fingerprint density at radius 3 is 2.87 bits per heavy atom. The second-order valence-corrected chi connectivity index (χ2v) is 5.08. The van der Waals surface area contributed by atoms with Gasteiger partial charge in [0.05, 0.1) is 6.42 Å². The second kappa shape index (κ2) is 5.50. The molecule has 0 radical (unpaired) electrons. The number of carboxylic acids is 1. The maximum Gasteiger partial charge on any atom is 0.304 e. The summed E-state index contributed by atoms with van der Waals surface area (Å²) in [6.07, 6.45) is 5.28. The van der Waals surface area contributed by atoms with Crippen LogP contribution in [-0.2, 0) is 4.79 Å². The van der Waals surface area contributed by atoms with E-state index in [1.54, 1.807) is 0 Å². The molecule has 3 heteroatoms. The molecule has 1 saturated heterocycles. The van der Waals surface area contributed by atoms with Gasteiger partial charge in [-0.1, -0.05) is 20.3 Å². The third-order valence-corrected chi connectivity index (χ3v) is 3.36. The van der Waals surface area contributed by atoms with E-state index >= 15 is 0 Å². The topological polar surface area (TPSA) is 40.5 Å². The normalized spacial score (nSPS) is 27.9. The number of nitrogens with zero attached hydrogens (tertiary/aromatic N) is 1.